The summed E-state index contributed by atoms with van der Waals surface area (Å²) in [4.78, 5) is 0. The van der Waals surface area contributed by atoms with Crippen molar-refractivity contribution in [3.63, 3.8) is 0 Å². The minimum absolute atomic E-state index is 0.857. The van der Waals surface area contributed by atoms with Gasteiger partial charge in [0.2, 0.25) is 0 Å². The second-order valence-electron chi connectivity index (χ2n) is 7.06. The Labute approximate surface area is 110 Å². The molecule has 1 rings (SSSR count). The highest BCUT2D eigenvalue weighted by Crippen LogP contribution is 2.49. The van der Waals surface area contributed by atoms with Crippen LogP contribution in [0.25, 0.3) is 0 Å². The summed E-state index contributed by atoms with van der Waals surface area (Å²) in [7, 11) is 0. The summed E-state index contributed by atoms with van der Waals surface area (Å²) in [5.74, 6) is 5.81. The fraction of sp³-hybridized carbons (Fsp3) is 1.00. The maximum Gasteiger partial charge on any atom is -0.0355 e. The van der Waals surface area contributed by atoms with E-state index in [0.29, 0.717) is 0 Å². The Balaban J connectivity index is 2.14. The Hall–Kier alpha value is 0. The van der Waals surface area contributed by atoms with E-state index in [-0.39, 0.29) is 0 Å². The summed E-state index contributed by atoms with van der Waals surface area (Å²) in [6.07, 6.45) is 7.24. The van der Waals surface area contributed by atoms with Crippen molar-refractivity contribution in [3.05, 3.63) is 0 Å². The van der Waals surface area contributed by atoms with E-state index in [1.807, 2.05) is 0 Å². The first-order valence-corrected chi connectivity index (χ1v) is 7.97. The standard InChI is InChI=1S/C17H34/c1-7-16-11-17(16)15(6)14(5)10-8-9-13(4)12(2)3/h12-17H,7-11H2,1-6H3. The van der Waals surface area contributed by atoms with Crippen molar-refractivity contribution in [2.45, 2.75) is 73.6 Å². The second-order valence-corrected chi connectivity index (χ2v) is 7.06. The maximum absolute atomic E-state index is 2.50. The van der Waals surface area contributed by atoms with Gasteiger partial charge in [0.05, 0.1) is 0 Å². The van der Waals surface area contributed by atoms with Crippen molar-refractivity contribution in [2.75, 3.05) is 0 Å². The molecule has 1 aliphatic carbocycles. The summed E-state index contributed by atoms with van der Waals surface area (Å²) in [6.45, 7) is 14.4. The Morgan fingerprint density at radius 2 is 1.53 bits per heavy atom. The van der Waals surface area contributed by atoms with Gasteiger partial charge in [-0.05, 0) is 41.9 Å². The van der Waals surface area contributed by atoms with Crippen LogP contribution in [0.3, 0.4) is 0 Å². The number of hydrogen-bond acceptors (Lipinski definition) is 0. The summed E-state index contributed by atoms with van der Waals surface area (Å²) in [6, 6.07) is 0. The monoisotopic (exact) mass is 238 g/mol. The molecule has 0 heterocycles. The molecule has 0 bridgehead atoms. The highest BCUT2D eigenvalue weighted by molar-refractivity contribution is 4.90. The quantitative estimate of drug-likeness (QED) is 0.504. The van der Waals surface area contributed by atoms with Crippen LogP contribution in [0.5, 0.6) is 0 Å². The number of hydrogen-bond donors (Lipinski definition) is 0. The van der Waals surface area contributed by atoms with Crippen LogP contribution in [0.4, 0.5) is 0 Å². The van der Waals surface area contributed by atoms with Gasteiger partial charge in [-0.15, -0.1) is 0 Å². The zero-order valence-corrected chi connectivity index (χ0v) is 13.0. The molecule has 0 aromatic heterocycles. The van der Waals surface area contributed by atoms with Gasteiger partial charge in [0.15, 0.2) is 0 Å². The molecule has 5 unspecified atom stereocenters. The summed E-state index contributed by atoms with van der Waals surface area (Å²) < 4.78 is 0. The van der Waals surface area contributed by atoms with Gasteiger partial charge in [-0.2, -0.15) is 0 Å². The molecule has 5 atom stereocenters. The van der Waals surface area contributed by atoms with Crippen LogP contribution in [-0.2, 0) is 0 Å². The van der Waals surface area contributed by atoms with Crippen molar-refractivity contribution in [3.8, 4) is 0 Å². The first-order valence-electron chi connectivity index (χ1n) is 7.97. The Kier molecular flexibility index (Phi) is 6.03. The van der Waals surface area contributed by atoms with Crippen LogP contribution >= 0.6 is 0 Å². The molecule has 0 saturated heterocycles. The normalized spacial score (nSPS) is 29.1. The predicted molar refractivity (Wildman–Crippen MR) is 78.1 cm³/mol. The maximum atomic E-state index is 2.50. The lowest BCUT2D eigenvalue weighted by Gasteiger charge is -2.22. The fourth-order valence-electron chi connectivity index (χ4n) is 3.16. The summed E-state index contributed by atoms with van der Waals surface area (Å²) in [5.41, 5.74) is 0. The average molecular weight is 238 g/mol. The lowest BCUT2D eigenvalue weighted by molar-refractivity contribution is 0.288. The van der Waals surface area contributed by atoms with Gasteiger partial charge in [0.25, 0.3) is 0 Å². The Bertz CT molecular complexity index is 206. The van der Waals surface area contributed by atoms with Crippen LogP contribution in [-0.4, -0.2) is 0 Å². The minimum Gasteiger partial charge on any atom is -0.0651 e. The Morgan fingerprint density at radius 3 is 2.00 bits per heavy atom. The fourth-order valence-corrected chi connectivity index (χ4v) is 3.16. The van der Waals surface area contributed by atoms with Crippen molar-refractivity contribution in [1.82, 2.24) is 0 Å². The molecule has 0 spiro atoms. The number of rotatable bonds is 8. The van der Waals surface area contributed by atoms with Crippen LogP contribution in [0, 0.1) is 35.5 Å². The van der Waals surface area contributed by atoms with Crippen molar-refractivity contribution in [1.29, 1.82) is 0 Å². The zero-order chi connectivity index (χ0) is 13.0. The lowest BCUT2D eigenvalue weighted by Crippen LogP contribution is -2.12. The first kappa shape index (κ1) is 15.1. The smallest absolute Gasteiger partial charge is 0.0355 e. The molecule has 0 aromatic rings. The molecular formula is C17H34. The zero-order valence-electron chi connectivity index (χ0n) is 13.0. The van der Waals surface area contributed by atoms with Gasteiger partial charge in [0.1, 0.15) is 0 Å². The van der Waals surface area contributed by atoms with Crippen molar-refractivity contribution < 1.29 is 0 Å². The topological polar surface area (TPSA) is 0 Å². The van der Waals surface area contributed by atoms with Crippen LogP contribution in [0.2, 0.25) is 0 Å². The van der Waals surface area contributed by atoms with Crippen LogP contribution in [0.15, 0.2) is 0 Å². The first-order chi connectivity index (χ1) is 7.97. The third-order valence-electron chi connectivity index (χ3n) is 5.53. The predicted octanol–water partition coefficient (Wildman–Crippen LogP) is 5.77. The van der Waals surface area contributed by atoms with Gasteiger partial charge in [0, 0.05) is 0 Å². The third kappa shape index (κ3) is 4.64. The van der Waals surface area contributed by atoms with E-state index in [9.17, 15) is 0 Å². The summed E-state index contributed by atoms with van der Waals surface area (Å²) in [5, 5.41) is 0. The molecule has 0 N–H and O–H groups in total. The van der Waals surface area contributed by atoms with Gasteiger partial charge in [-0.25, -0.2) is 0 Å². The van der Waals surface area contributed by atoms with Crippen LogP contribution < -0.4 is 0 Å². The molecule has 17 heavy (non-hydrogen) atoms. The third-order valence-corrected chi connectivity index (χ3v) is 5.53. The molecule has 1 fully saturated rings. The SMILES string of the molecule is CCC1CC1C(C)C(C)CCCC(C)C(C)C. The van der Waals surface area contributed by atoms with E-state index in [2.05, 4.69) is 41.5 Å². The largest absolute Gasteiger partial charge is 0.0651 e. The lowest BCUT2D eigenvalue weighted by atomic mass is 9.84. The minimum atomic E-state index is 0.857. The van der Waals surface area contributed by atoms with Gasteiger partial charge >= 0.3 is 0 Å². The molecule has 0 heteroatoms. The van der Waals surface area contributed by atoms with Gasteiger partial charge in [-0.3, -0.25) is 0 Å². The molecule has 0 aliphatic heterocycles. The molecule has 102 valence electrons. The van der Waals surface area contributed by atoms with E-state index < -0.39 is 0 Å². The van der Waals surface area contributed by atoms with E-state index in [1.54, 1.807) is 0 Å². The van der Waals surface area contributed by atoms with E-state index in [0.717, 1.165) is 35.5 Å². The van der Waals surface area contributed by atoms with Crippen LogP contribution in [0.1, 0.15) is 73.6 Å². The average Bonchev–Trinajstić information content (AvgIpc) is 3.06. The van der Waals surface area contributed by atoms with E-state index >= 15 is 0 Å². The highest BCUT2D eigenvalue weighted by Gasteiger charge is 2.40. The molecule has 0 radical (unpaired) electrons. The molecule has 0 aromatic carbocycles. The second kappa shape index (κ2) is 6.81. The van der Waals surface area contributed by atoms with Crippen molar-refractivity contribution in [2.24, 2.45) is 35.5 Å². The molecule has 0 nitrogen and oxygen atoms in total. The van der Waals surface area contributed by atoms with E-state index in [1.165, 1.54) is 32.1 Å². The highest BCUT2D eigenvalue weighted by atomic mass is 14.5. The molecule has 1 aliphatic rings. The van der Waals surface area contributed by atoms with E-state index in [4.69, 9.17) is 0 Å². The molecule has 0 amide bonds. The molecule has 1 saturated carbocycles. The van der Waals surface area contributed by atoms with Crippen molar-refractivity contribution >= 4 is 0 Å². The Morgan fingerprint density at radius 1 is 0.941 bits per heavy atom. The summed E-state index contributed by atoms with van der Waals surface area (Å²) >= 11 is 0. The van der Waals surface area contributed by atoms with Gasteiger partial charge in [-0.1, -0.05) is 67.2 Å². The van der Waals surface area contributed by atoms with Gasteiger partial charge < -0.3 is 0 Å². The molecular weight excluding hydrogens is 204 g/mol.